The molecular weight excluding hydrogens is 366 g/mol. The van der Waals surface area contributed by atoms with Crippen molar-refractivity contribution < 1.29 is 0 Å². The van der Waals surface area contributed by atoms with Crippen molar-refractivity contribution in [1.29, 1.82) is 0 Å². The number of pyridine rings is 1. The molecule has 0 spiro atoms. The van der Waals surface area contributed by atoms with Gasteiger partial charge in [-0.1, -0.05) is 66.2 Å². The first kappa shape index (κ1) is 19.1. The molecule has 144 valence electrons. The quantitative estimate of drug-likeness (QED) is 0.635. The van der Waals surface area contributed by atoms with Crippen molar-refractivity contribution in [2.24, 2.45) is 0 Å². The lowest BCUT2D eigenvalue weighted by Crippen LogP contribution is -2.44. The summed E-state index contributed by atoms with van der Waals surface area (Å²) in [6.07, 6.45) is 4.11. The second kappa shape index (κ2) is 9.33. The van der Waals surface area contributed by atoms with Gasteiger partial charge < -0.3 is 5.32 Å². The number of nitrogens with one attached hydrogen (secondary N) is 1. The van der Waals surface area contributed by atoms with Crippen LogP contribution in [-0.4, -0.2) is 29.0 Å². The third-order valence-corrected chi connectivity index (χ3v) is 5.85. The molecule has 4 rings (SSSR count). The highest BCUT2D eigenvalue weighted by Gasteiger charge is 2.28. The second-order valence-electron chi connectivity index (χ2n) is 7.35. The molecule has 1 aliphatic rings. The number of nitrogens with zero attached hydrogens (tertiary/aromatic N) is 2. The van der Waals surface area contributed by atoms with Crippen LogP contribution in [0.2, 0.25) is 5.02 Å². The minimum absolute atomic E-state index is 0.201. The maximum absolute atomic E-state index is 6.59. The van der Waals surface area contributed by atoms with Crippen LogP contribution in [0.3, 0.4) is 0 Å². The van der Waals surface area contributed by atoms with E-state index in [0.717, 1.165) is 43.2 Å². The molecule has 0 aliphatic carbocycles. The number of rotatable bonds is 6. The standard InChI is InChI=1S/C24H26ClN3/c25-23-12-5-4-11-22(23)24(19-8-2-1-3-9-19)28-16-13-20(14-17-28)27-18-21-10-6-7-15-26-21/h1-12,15,20,24,27H,13-14,16-18H2. The zero-order valence-corrected chi connectivity index (χ0v) is 16.7. The van der Waals surface area contributed by atoms with E-state index in [-0.39, 0.29) is 6.04 Å². The Balaban J connectivity index is 1.45. The van der Waals surface area contributed by atoms with E-state index in [1.807, 2.05) is 30.5 Å². The molecule has 1 aromatic heterocycles. The van der Waals surface area contributed by atoms with Crippen molar-refractivity contribution in [3.63, 3.8) is 0 Å². The molecule has 2 heterocycles. The van der Waals surface area contributed by atoms with Crippen LogP contribution in [-0.2, 0) is 6.54 Å². The fourth-order valence-electron chi connectivity index (χ4n) is 4.03. The van der Waals surface area contributed by atoms with Crippen LogP contribution in [0.5, 0.6) is 0 Å². The lowest BCUT2D eigenvalue weighted by Gasteiger charge is -2.38. The van der Waals surface area contributed by atoms with Gasteiger partial charge in [0.15, 0.2) is 0 Å². The highest BCUT2D eigenvalue weighted by molar-refractivity contribution is 6.31. The third-order valence-electron chi connectivity index (χ3n) is 5.51. The third kappa shape index (κ3) is 4.61. The average molecular weight is 392 g/mol. The Morgan fingerprint density at radius 2 is 1.64 bits per heavy atom. The Morgan fingerprint density at radius 1 is 0.929 bits per heavy atom. The van der Waals surface area contributed by atoms with Crippen LogP contribution in [0.4, 0.5) is 0 Å². The highest BCUT2D eigenvalue weighted by atomic mass is 35.5. The number of benzene rings is 2. The van der Waals surface area contributed by atoms with Crippen LogP contribution >= 0.6 is 11.6 Å². The molecule has 1 unspecified atom stereocenters. The molecule has 0 saturated carbocycles. The Bertz CT molecular complexity index is 861. The van der Waals surface area contributed by atoms with E-state index < -0.39 is 0 Å². The molecule has 0 radical (unpaired) electrons. The first-order valence-corrected chi connectivity index (χ1v) is 10.4. The zero-order valence-electron chi connectivity index (χ0n) is 16.0. The van der Waals surface area contributed by atoms with Gasteiger partial charge in [-0.3, -0.25) is 9.88 Å². The summed E-state index contributed by atoms with van der Waals surface area (Å²) < 4.78 is 0. The molecular formula is C24H26ClN3. The molecule has 4 heteroatoms. The lowest BCUT2D eigenvalue weighted by atomic mass is 9.94. The highest BCUT2D eigenvalue weighted by Crippen LogP contribution is 2.34. The first-order chi connectivity index (χ1) is 13.8. The fourth-order valence-corrected chi connectivity index (χ4v) is 4.27. The van der Waals surface area contributed by atoms with Crippen LogP contribution < -0.4 is 5.32 Å². The molecule has 1 N–H and O–H groups in total. The summed E-state index contributed by atoms with van der Waals surface area (Å²) >= 11 is 6.59. The largest absolute Gasteiger partial charge is 0.308 e. The summed E-state index contributed by atoms with van der Waals surface area (Å²) in [6, 6.07) is 25.7. The molecule has 1 aliphatic heterocycles. The molecule has 3 nitrogen and oxygen atoms in total. The Morgan fingerprint density at radius 3 is 2.36 bits per heavy atom. The summed E-state index contributed by atoms with van der Waals surface area (Å²) in [4.78, 5) is 6.97. The van der Waals surface area contributed by atoms with E-state index in [4.69, 9.17) is 11.6 Å². The van der Waals surface area contributed by atoms with Crippen LogP contribution in [0.15, 0.2) is 79.0 Å². The Kier molecular flexibility index (Phi) is 6.38. The van der Waals surface area contributed by atoms with Crippen molar-refractivity contribution in [3.05, 3.63) is 101 Å². The van der Waals surface area contributed by atoms with Crippen LogP contribution in [0.25, 0.3) is 0 Å². The first-order valence-electron chi connectivity index (χ1n) is 9.98. The molecule has 3 aromatic rings. The Hall–Kier alpha value is -2.20. The number of halogens is 1. The second-order valence-corrected chi connectivity index (χ2v) is 7.75. The summed E-state index contributed by atoms with van der Waals surface area (Å²) in [5.74, 6) is 0. The van der Waals surface area contributed by atoms with Gasteiger partial charge in [0.1, 0.15) is 0 Å². The van der Waals surface area contributed by atoms with Gasteiger partial charge in [0, 0.05) is 36.9 Å². The molecule has 0 bridgehead atoms. The van der Waals surface area contributed by atoms with Crippen molar-refractivity contribution in [2.45, 2.75) is 31.5 Å². The van der Waals surface area contributed by atoms with Crippen LogP contribution in [0, 0.1) is 0 Å². The summed E-state index contributed by atoms with van der Waals surface area (Å²) in [5.41, 5.74) is 3.59. The predicted molar refractivity (Wildman–Crippen MR) is 115 cm³/mol. The zero-order chi connectivity index (χ0) is 19.2. The van der Waals surface area contributed by atoms with Crippen molar-refractivity contribution >= 4 is 11.6 Å². The van der Waals surface area contributed by atoms with E-state index >= 15 is 0 Å². The van der Waals surface area contributed by atoms with E-state index in [1.165, 1.54) is 11.1 Å². The van der Waals surface area contributed by atoms with Crippen LogP contribution in [0.1, 0.15) is 35.7 Å². The van der Waals surface area contributed by atoms with E-state index in [0.29, 0.717) is 6.04 Å². The molecule has 1 fully saturated rings. The smallest absolute Gasteiger partial charge is 0.0616 e. The minimum atomic E-state index is 0.201. The molecule has 0 amide bonds. The van der Waals surface area contributed by atoms with Gasteiger partial charge in [-0.25, -0.2) is 0 Å². The van der Waals surface area contributed by atoms with E-state index in [2.05, 4.69) is 63.7 Å². The van der Waals surface area contributed by atoms with Gasteiger partial charge >= 0.3 is 0 Å². The minimum Gasteiger partial charge on any atom is -0.308 e. The van der Waals surface area contributed by atoms with Gasteiger partial charge in [0.05, 0.1) is 11.7 Å². The van der Waals surface area contributed by atoms with Gasteiger partial charge in [0.25, 0.3) is 0 Å². The van der Waals surface area contributed by atoms with Crippen molar-refractivity contribution in [1.82, 2.24) is 15.2 Å². The molecule has 1 saturated heterocycles. The summed E-state index contributed by atoms with van der Waals surface area (Å²) in [6.45, 7) is 2.92. The molecule has 28 heavy (non-hydrogen) atoms. The van der Waals surface area contributed by atoms with Gasteiger partial charge in [-0.2, -0.15) is 0 Å². The van der Waals surface area contributed by atoms with E-state index in [1.54, 1.807) is 0 Å². The normalized spacial score (nSPS) is 16.8. The van der Waals surface area contributed by atoms with Crippen molar-refractivity contribution in [2.75, 3.05) is 13.1 Å². The summed E-state index contributed by atoms with van der Waals surface area (Å²) in [7, 11) is 0. The van der Waals surface area contributed by atoms with Crippen molar-refractivity contribution in [3.8, 4) is 0 Å². The number of aromatic nitrogens is 1. The number of piperidine rings is 1. The number of hydrogen-bond donors (Lipinski definition) is 1. The summed E-state index contributed by atoms with van der Waals surface area (Å²) in [5, 5.41) is 4.51. The molecule has 1 atom stereocenters. The van der Waals surface area contributed by atoms with Gasteiger partial charge in [-0.15, -0.1) is 0 Å². The van der Waals surface area contributed by atoms with Gasteiger partial charge in [-0.05, 0) is 42.2 Å². The molecule has 2 aromatic carbocycles. The predicted octanol–water partition coefficient (Wildman–Crippen LogP) is 5.08. The van der Waals surface area contributed by atoms with Gasteiger partial charge in [0.2, 0.25) is 0 Å². The average Bonchev–Trinajstić information content (AvgIpc) is 2.76. The lowest BCUT2D eigenvalue weighted by molar-refractivity contribution is 0.162. The Labute approximate surface area is 172 Å². The number of likely N-dealkylation sites (tertiary alicyclic amines) is 1. The topological polar surface area (TPSA) is 28.2 Å². The monoisotopic (exact) mass is 391 g/mol. The maximum Gasteiger partial charge on any atom is 0.0616 e. The fraction of sp³-hybridized carbons (Fsp3) is 0.292. The number of hydrogen-bond acceptors (Lipinski definition) is 3. The maximum atomic E-state index is 6.59. The van der Waals surface area contributed by atoms with E-state index in [9.17, 15) is 0 Å². The SMILES string of the molecule is Clc1ccccc1C(c1ccccc1)N1CCC(NCc2ccccn2)CC1.